The van der Waals surface area contributed by atoms with Crippen LogP contribution in [0.4, 0.5) is 11.8 Å². The first-order chi connectivity index (χ1) is 8.69. The van der Waals surface area contributed by atoms with Crippen molar-refractivity contribution >= 4 is 33.3 Å². The van der Waals surface area contributed by atoms with Gasteiger partial charge in [0.25, 0.3) is 0 Å². The van der Waals surface area contributed by atoms with Crippen LogP contribution in [0.5, 0.6) is 0 Å². The molecule has 0 aromatic carbocycles. The summed E-state index contributed by atoms with van der Waals surface area (Å²) < 4.78 is 0. The second-order valence-electron chi connectivity index (χ2n) is 5.01. The number of fused-ring (bicyclic) bond motifs is 1. The molecule has 1 saturated carbocycles. The molecular weight excluding hydrogens is 246 g/mol. The fourth-order valence-electron chi connectivity index (χ4n) is 2.29. The second kappa shape index (κ2) is 4.37. The van der Waals surface area contributed by atoms with Gasteiger partial charge in [0.2, 0.25) is 5.95 Å². The van der Waals surface area contributed by atoms with E-state index in [1.165, 1.54) is 6.42 Å². The lowest BCUT2D eigenvalue weighted by Crippen LogP contribution is -2.23. The van der Waals surface area contributed by atoms with Gasteiger partial charge in [0.05, 0.1) is 5.39 Å². The summed E-state index contributed by atoms with van der Waals surface area (Å²) in [5, 5.41) is 3.14. The van der Waals surface area contributed by atoms with Crippen molar-refractivity contribution in [1.82, 2.24) is 9.97 Å². The summed E-state index contributed by atoms with van der Waals surface area (Å²) in [6.07, 6.45) is 1.32. The topological polar surface area (TPSA) is 67.1 Å². The van der Waals surface area contributed by atoms with Crippen molar-refractivity contribution < 1.29 is 0 Å². The molecule has 1 fully saturated rings. The number of aromatic nitrogens is 2. The Morgan fingerprint density at radius 1 is 1.56 bits per heavy atom. The number of hydrogen-bond donors (Lipinski definition) is 2. The van der Waals surface area contributed by atoms with Crippen molar-refractivity contribution in [3.8, 4) is 0 Å². The van der Waals surface area contributed by atoms with Crippen LogP contribution in [-0.2, 0) is 0 Å². The molecule has 0 aliphatic heterocycles. The molecule has 2 atom stereocenters. The van der Waals surface area contributed by atoms with Crippen LogP contribution in [0, 0.1) is 11.8 Å². The summed E-state index contributed by atoms with van der Waals surface area (Å²) in [5.74, 6) is 8.52. The molecule has 0 radical (unpaired) electrons. The average molecular weight is 263 g/mol. The van der Waals surface area contributed by atoms with Crippen molar-refractivity contribution in [3.63, 3.8) is 0 Å². The van der Waals surface area contributed by atoms with Crippen LogP contribution in [0.2, 0.25) is 0 Å². The van der Waals surface area contributed by atoms with Gasteiger partial charge in [-0.05, 0) is 29.7 Å². The molecule has 18 heavy (non-hydrogen) atoms. The van der Waals surface area contributed by atoms with E-state index in [0.29, 0.717) is 5.95 Å². The Hall–Kier alpha value is -1.40. The van der Waals surface area contributed by atoms with Gasteiger partial charge in [0.1, 0.15) is 10.6 Å². The lowest BCUT2D eigenvalue weighted by atomic mass is 10.3. The molecule has 5 nitrogen and oxygen atoms in total. The summed E-state index contributed by atoms with van der Waals surface area (Å²) in [7, 11) is 2.09. The molecule has 2 heterocycles. The third-order valence-electron chi connectivity index (χ3n) is 3.58. The molecule has 1 aliphatic carbocycles. The molecule has 6 heteroatoms. The number of thiophene rings is 1. The van der Waals surface area contributed by atoms with E-state index in [1.807, 2.05) is 5.38 Å². The Morgan fingerprint density at radius 3 is 3.00 bits per heavy atom. The van der Waals surface area contributed by atoms with E-state index in [1.54, 1.807) is 11.3 Å². The molecule has 2 unspecified atom stereocenters. The van der Waals surface area contributed by atoms with Crippen LogP contribution >= 0.6 is 11.3 Å². The Morgan fingerprint density at radius 2 is 2.33 bits per heavy atom. The molecule has 3 N–H and O–H groups in total. The maximum Gasteiger partial charge on any atom is 0.240 e. The molecule has 3 rings (SSSR count). The minimum atomic E-state index is 0.482. The lowest BCUT2D eigenvalue weighted by Gasteiger charge is -2.19. The van der Waals surface area contributed by atoms with E-state index in [4.69, 9.17) is 5.84 Å². The highest BCUT2D eigenvalue weighted by Crippen LogP contribution is 2.39. The van der Waals surface area contributed by atoms with Crippen LogP contribution in [0.1, 0.15) is 13.3 Å². The maximum atomic E-state index is 5.43. The van der Waals surface area contributed by atoms with Crippen molar-refractivity contribution in [2.45, 2.75) is 13.3 Å². The third-order valence-corrected chi connectivity index (χ3v) is 4.39. The molecular formula is C12H17N5S. The largest absolute Gasteiger partial charge is 0.359 e. The minimum Gasteiger partial charge on any atom is -0.359 e. The molecule has 2 aromatic heterocycles. The normalized spacial score (nSPS) is 22.2. The van der Waals surface area contributed by atoms with Crippen LogP contribution in [0.25, 0.3) is 10.2 Å². The molecule has 0 bridgehead atoms. The first-order valence-electron chi connectivity index (χ1n) is 6.12. The fraction of sp³-hybridized carbons (Fsp3) is 0.500. The molecule has 1 aliphatic rings. The van der Waals surface area contributed by atoms with Gasteiger partial charge in [-0.3, -0.25) is 5.43 Å². The Balaban J connectivity index is 1.95. The summed E-state index contributed by atoms with van der Waals surface area (Å²) in [5.41, 5.74) is 2.54. The molecule has 0 saturated heterocycles. The zero-order valence-electron chi connectivity index (χ0n) is 10.6. The maximum absolute atomic E-state index is 5.43. The smallest absolute Gasteiger partial charge is 0.240 e. The number of nitrogens with one attached hydrogen (secondary N) is 1. The lowest BCUT2D eigenvalue weighted by molar-refractivity contribution is 0.721. The van der Waals surface area contributed by atoms with Gasteiger partial charge in [-0.25, -0.2) is 10.8 Å². The number of nitrogens with zero attached hydrogens (tertiary/aromatic N) is 3. The van der Waals surface area contributed by atoms with Crippen LogP contribution in [0.15, 0.2) is 11.4 Å². The van der Waals surface area contributed by atoms with E-state index < -0.39 is 0 Å². The number of nitrogen functional groups attached to an aromatic ring is 1. The van der Waals surface area contributed by atoms with E-state index in [9.17, 15) is 0 Å². The summed E-state index contributed by atoms with van der Waals surface area (Å²) in [6.45, 7) is 3.35. The van der Waals surface area contributed by atoms with Gasteiger partial charge < -0.3 is 4.90 Å². The average Bonchev–Trinajstić information content (AvgIpc) is 2.89. The van der Waals surface area contributed by atoms with Crippen molar-refractivity contribution in [3.05, 3.63) is 11.4 Å². The number of hydrogen-bond acceptors (Lipinski definition) is 6. The molecule has 2 aromatic rings. The van der Waals surface area contributed by atoms with Gasteiger partial charge >= 0.3 is 0 Å². The highest BCUT2D eigenvalue weighted by molar-refractivity contribution is 7.16. The first kappa shape index (κ1) is 11.7. The predicted molar refractivity (Wildman–Crippen MR) is 75.8 cm³/mol. The van der Waals surface area contributed by atoms with E-state index in [0.717, 1.165) is 34.4 Å². The van der Waals surface area contributed by atoms with E-state index in [-0.39, 0.29) is 0 Å². The molecule has 96 valence electrons. The standard InChI is InChI=1S/C12H17N5S/c1-7-5-8(7)6-17(2)10-9-3-4-18-11(9)15-12(14-10)16-13/h3-4,7-8H,5-6,13H2,1-2H3,(H,14,15,16). The Labute approximate surface area is 110 Å². The summed E-state index contributed by atoms with van der Waals surface area (Å²) >= 11 is 1.61. The number of anilines is 2. The highest BCUT2D eigenvalue weighted by Gasteiger charge is 2.33. The van der Waals surface area contributed by atoms with Crippen LogP contribution in [0.3, 0.4) is 0 Å². The molecule has 0 spiro atoms. The van der Waals surface area contributed by atoms with Crippen LogP contribution in [-0.4, -0.2) is 23.6 Å². The van der Waals surface area contributed by atoms with Gasteiger partial charge in [-0.15, -0.1) is 11.3 Å². The van der Waals surface area contributed by atoms with Crippen molar-refractivity contribution in [1.29, 1.82) is 0 Å². The van der Waals surface area contributed by atoms with E-state index in [2.05, 4.69) is 40.3 Å². The van der Waals surface area contributed by atoms with Gasteiger partial charge in [0.15, 0.2) is 0 Å². The highest BCUT2D eigenvalue weighted by atomic mass is 32.1. The van der Waals surface area contributed by atoms with Gasteiger partial charge in [0, 0.05) is 13.6 Å². The minimum absolute atomic E-state index is 0.482. The van der Waals surface area contributed by atoms with Crippen LogP contribution < -0.4 is 16.2 Å². The molecule has 0 amide bonds. The van der Waals surface area contributed by atoms with Crippen molar-refractivity contribution in [2.75, 3.05) is 23.9 Å². The van der Waals surface area contributed by atoms with Gasteiger partial charge in [-0.1, -0.05) is 6.92 Å². The second-order valence-corrected chi connectivity index (χ2v) is 5.90. The SMILES string of the molecule is CC1CC1CN(C)c1nc(NN)nc2sccc12. The number of nitrogens with two attached hydrogens (primary N) is 1. The number of rotatable bonds is 4. The zero-order chi connectivity index (χ0) is 12.7. The Bertz CT molecular complexity index is 567. The summed E-state index contributed by atoms with van der Waals surface area (Å²) in [6, 6.07) is 2.07. The Kier molecular flexibility index (Phi) is 2.83. The van der Waals surface area contributed by atoms with E-state index >= 15 is 0 Å². The predicted octanol–water partition coefficient (Wildman–Crippen LogP) is 2.07. The van der Waals surface area contributed by atoms with Crippen molar-refractivity contribution in [2.24, 2.45) is 17.7 Å². The first-order valence-corrected chi connectivity index (χ1v) is 7.00. The quantitative estimate of drug-likeness (QED) is 0.653. The zero-order valence-corrected chi connectivity index (χ0v) is 11.4. The fourth-order valence-corrected chi connectivity index (χ4v) is 3.05. The summed E-state index contributed by atoms with van der Waals surface area (Å²) in [4.78, 5) is 12.0. The van der Waals surface area contributed by atoms with Gasteiger partial charge in [-0.2, -0.15) is 4.98 Å². The monoisotopic (exact) mass is 263 g/mol. The third kappa shape index (κ3) is 2.02. The number of hydrazine groups is 1.